The van der Waals surface area contributed by atoms with Crippen LogP contribution in [0.15, 0.2) is 30.3 Å². The lowest BCUT2D eigenvalue weighted by molar-refractivity contribution is -0.160. The molecule has 1 N–H and O–H groups in total. The maximum atomic E-state index is 13.1. The Hall–Kier alpha value is -1.35. The molecule has 0 spiro atoms. The highest BCUT2D eigenvalue weighted by atomic mass is 16.3. The van der Waals surface area contributed by atoms with Crippen LogP contribution < -0.4 is 0 Å². The van der Waals surface area contributed by atoms with Crippen molar-refractivity contribution in [2.24, 2.45) is 5.92 Å². The number of hydrogen-bond acceptors (Lipinski definition) is 2. The van der Waals surface area contributed by atoms with Gasteiger partial charge in [0.25, 0.3) is 5.91 Å². The number of nitrogens with zero attached hydrogens (tertiary/aromatic N) is 1. The molecule has 1 aromatic rings. The van der Waals surface area contributed by atoms with E-state index in [2.05, 4.69) is 0 Å². The molecule has 114 valence electrons. The SMILES string of the molecule is O=C(N1CCCCC1)[C@](O)(c1ccccc1)C1CCCC1. The summed E-state index contributed by atoms with van der Waals surface area (Å²) in [5.41, 5.74) is -0.553. The molecule has 3 nitrogen and oxygen atoms in total. The Bertz CT molecular complexity index is 475. The quantitative estimate of drug-likeness (QED) is 0.928. The molecule has 1 heterocycles. The van der Waals surface area contributed by atoms with Gasteiger partial charge in [-0.1, -0.05) is 43.2 Å². The first-order valence-corrected chi connectivity index (χ1v) is 8.30. The van der Waals surface area contributed by atoms with Gasteiger partial charge in [0.1, 0.15) is 0 Å². The molecule has 2 aliphatic rings. The molecule has 2 fully saturated rings. The third-order valence-electron chi connectivity index (χ3n) is 5.13. The summed E-state index contributed by atoms with van der Waals surface area (Å²) < 4.78 is 0. The van der Waals surface area contributed by atoms with Crippen molar-refractivity contribution in [1.82, 2.24) is 4.90 Å². The smallest absolute Gasteiger partial charge is 0.259 e. The average molecular weight is 287 g/mol. The molecule has 3 heteroatoms. The summed E-state index contributed by atoms with van der Waals surface area (Å²) in [6.45, 7) is 1.58. The van der Waals surface area contributed by atoms with Crippen molar-refractivity contribution in [1.29, 1.82) is 0 Å². The minimum absolute atomic E-state index is 0.0642. The Morgan fingerprint density at radius 1 is 1.00 bits per heavy atom. The van der Waals surface area contributed by atoms with Crippen molar-refractivity contribution in [2.75, 3.05) is 13.1 Å². The minimum Gasteiger partial charge on any atom is -0.375 e. The van der Waals surface area contributed by atoms with E-state index in [1.54, 1.807) is 0 Å². The third-order valence-corrected chi connectivity index (χ3v) is 5.13. The van der Waals surface area contributed by atoms with Crippen LogP contribution in [0, 0.1) is 5.92 Å². The number of hydrogen-bond donors (Lipinski definition) is 1. The maximum Gasteiger partial charge on any atom is 0.259 e. The fraction of sp³-hybridized carbons (Fsp3) is 0.611. The first-order chi connectivity index (χ1) is 10.2. The summed E-state index contributed by atoms with van der Waals surface area (Å²) in [7, 11) is 0. The number of piperidine rings is 1. The summed E-state index contributed by atoms with van der Waals surface area (Å²) in [6, 6.07) is 9.57. The fourth-order valence-electron chi connectivity index (χ4n) is 3.91. The lowest BCUT2D eigenvalue weighted by Crippen LogP contribution is -2.52. The average Bonchev–Trinajstić information content (AvgIpc) is 3.10. The molecule has 0 bridgehead atoms. The molecule has 21 heavy (non-hydrogen) atoms. The Morgan fingerprint density at radius 3 is 2.24 bits per heavy atom. The molecule has 1 aliphatic carbocycles. The first-order valence-electron chi connectivity index (χ1n) is 8.30. The summed E-state index contributed by atoms with van der Waals surface area (Å²) in [6.07, 6.45) is 7.44. The number of amides is 1. The normalized spacial score (nSPS) is 23.0. The zero-order chi connectivity index (χ0) is 14.7. The van der Waals surface area contributed by atoms with Crippen LogP contribution in [0.4, 0.5) is 0 Å². The second kappa shape index (κ2) is 6.18. The van der Waals surface area contributed by atoms with Crippen molar-refractivity contribution in [2.45, 2.75) is 50.5 Å². The zero-order valence-corrected chi connectivity index (χ0v) is 12.6. The van der Waals surface area contributed by atoms with Crippen LogP contribution in [0.25, 0.3) is 0 Å². The Kier molecular flexibility index (Phi) is 4.29. The maximum absolute atomic E-state index is 13.1. The molecule has 0 unspecified atom stereocenters. The minimum atomic E-state index is -1.32. The van der Waals surface area contributed by atoms with Gasteiger partial charge in [-0.3, -0.25) is 4.79 Å². The van der Waals surface area contributed by atoms with Gasteiger partial charge < -0.3 is 10.0 Å². The highest BCUT2D eigenvalue weighted by Gasteiger charge is 2.48. The number of carbonyl (C=O) groups excluding carboxylic acids is 1. The summed E-state index contributed by atoms with van der Waals surface area (Å²) in [4.78, 5) is 15.0. The van der Waals surface area contributed by atoms with Gasteiger partial charge in [0, 0.05) is 19.0 Å². The second-order valence-corrected chi connectivity index (χ2v) is 6.47. The van der Waals surface area contributed by atoms with E-state index < -0.39 is 5.60 Å². The molecule has 1 amide bonds. The lowest BCUT2D eigenvalue weighted by Gasteiger charge is -2.39. The zero-order valence-electron chi connectivity index (χ0n) is 12.6. The summed E-state index contributed by atoms with van der Waals surface area (Å²) >= 11 is 0. The number of rotatable bonds is 3. The molecule has 1 atom stereocenters. The third kappa shape index (κ3) is 2.71. The van der Waals surface area contributed by atoms with E-state index in [4.69, 9.17) is 0 Å². The van der Waals surface area contributed by atoms with Gasteiger partial charge >= 0.3 is 0 Å². The van der Waals surface area contributed by atoms with E-state index in [0.717, 1.165) is 57.2 Å². The van der Waals surface area contributed by atoms with Crippen molar-refractivity contribution >= 4 is 5.91 Å². The van der Waals surface area contributed by atoms with E-state index in [1.807, 2.05) is 35.2 Å². The van der Waals surface area contributed by atoms with E-state index in [1.165, 1.54) is 6.42 Å². The van der Waals surface area contributed by atoms with Gasteiger partial charge in [0.2, 0.25) is 0 Å². The Morgan fingerprint density at radius 2 is 1.62 bits per heavy atom. The van der Waals surface area contributed by atoms with Gasteiger partial charge in [-0.15, -0.1) is 0 Å². The summed E-state index contributed by atoms with van der Waals surface area (Å²) in [5, 5.41) is 11.4. The van der Waals surface area contributed by atoms with Gasteiger partial charge in [-0.05, 0) is 37.7 Å². The number of benzene rings is 1. The molecule has 0 aromatic heterocycles. The van der Waals surface area contributed by atoms with Crippen LogP contribution in [0.1, 0.15) is 50.5 Å². The standard InChI is InChI=1S/C18H25NO2/c20-17(19-13-7-2-8-14-19)18(21,16-11-5-6-12-16)15-9-3-1-4-10-15/h1,3-4,9-10,16,21H,2,5-8,11-14H2/t18-/m0/s1. The lowest BCUT2D eigenvalue weighted by atomic mass is 9.78. The van der Waals surface area contributed by atoms with E-state index in [0.29, 0.717) is 0 Å². The van der Waals surface area contributed by atoms with Crippen LogP contribution in [0.3, 0.4) is 0 Å². The number of aliphatic hydroxyl groups is 1. The van der Waals surface area contributed by atoms with Crippen LogP contribution in [-0.4, -0.2) is 29.0 Å². The molecule has 1 aliphatic heterocycles. The van der Waals surface area contributed by atoms with Crippen LogP contribution in [0.5, 0.6) is 0 Å². The molecule has 3 rings (SSSR count). The highest BCUT2D eigenvalue weighted by Crippen LogP contribution is 2.42. The van der Waals surface area contributed by atoms with E-state index in [9.17, 15) is 9.90 Å². The Labute approximate surface area is 127 Å². The van der Waals surface area contributed by atoms with Gasteiger partial charge in [0.05, 0.1) is 0 Å². The first kappa shape index (κ1) is 14.6. The highest BCUT2D eigenvalue weighted by molar-refractivity contribution is 5.87. The van der Waals surface area contributed by atoms with Crippen molar-refractivity contribution in [3.05, 3.63) is 35.9 Å². The molecular formula is C18H25NO2. The van der Waals surface area contributed by atoms with Crippen LogP contribution in [0.2, 0.25) is 0 Å². The van der Waals surface area contributed by atoms with Crippen LogP contribution >= 0.6 is 0 Å². The second-order valence-electron chi connectivity index (χ2n) is 6.47. The van der Waals surface area contributed by atoms with Crippen molar-refractivity contribution in [3.63, 3.8) is 0 Å². The van der Waals surface area contributed by atoms with Crippen molar-refractivity contribution in [3.8, 4) is 0 Å². The monoisotopic (exact) mass is 287 g/mol. The fourth-order valence-corrected chi connectivity index (χ4v) is 3.91. The van der Waals surface area contributed by atoms with Crippen molar-refractivity contribution < 1.29 is 9.90 Å². The van der Waals surface area contributed by atoms with Gasteiger partial charge in [0.15, 0.2) is 5.60 Å². The van der Waals surface area contributed by atoms with Crippen LogP contribution in [-0.2, 0) is 10.4 Å². The Balaban J connectivity index is 1.93. The topological polar surface area (TPSA) is 40.5 Å². The number of carbonyl (C=O) groups is 1. The molecular weight excluding hydrogens is 262 g/mol. The predicted molar refractivity (Wildman–Crippen MR) is 82.7 cm³/mol. The molecule has 1 saturated heterocycles. The van der Waals surface area contributed by atoms with E-state index >= 15 is 0 Å². The molecule has 1 saturated carbocycles. The molecule has 1 aromatic carbocycles. The van der Waals surface area contributed by atoms with Gasteiger partial charge in [-0.2, -0.15) is 0 Å². The largest absolute Gasteiger partial charge is 0.375 e. The number of likely N-dealkylation sites (tertiary alicyclic amines) is 1. The summed E-state index contributed by atoms with van der Waals surface area (Å²) in [5.74, 6) is -0.00498. The predicted octanol–water partition coefficient (Wildman–Crippen LogP) is 3.08. The van der Waals surface area contributed by atoms with Gasteiger partial charge in [-0.25, -0.2) is 0 Å². The molecule has 0 radical (unpaired) electrons. The van der Waals surface area contributed by atoms with E-state index in [-0.39, 0.29) is 11.8 Å².